The van der Waals surface area contributed by atoms with Crippen LogP contribution in [0.2, 0.25) is 0 Å². The van der Waals surface area contributed by atoms with Crippen LogP contribution in [0.25, 0.3) is 0 Å². The number of ketones is 2. The molecule has 0 spiro atoms. The van der Waals surface area contributed by atoms with Gasteiger partial charge in [-0.3, -0.25) is 9.59 Å². The molecule has 1 aliphatic heterocycles. The summed E-state index contributed by atoms with van der Waals surface area (Å²) in [5.41, 5.74) is -4.31. The van der Waals surface area contributed by atoms with E-state index in [9.17, 15) is 14.7 Å². The smallest absolute Gasteiger partial charge is 0.178 e. The van der Waals surface area contributed by atoms with Gasteiger partial charge in [-0.2, -0.15) is 0 Å². The van der Waals surface area contributed by atoms with Gasteiger partial charge in [-0.1, -0.05) is 55.7 Å². The monoisotopic (exact) mass is 581 g/mol. The lowest BCUT2D eigenvalue weighted by molar-refractivity contribution is -0.234. The van der Waals surface area contributed by atoms with E-state index in [-0.39, 0.29) is 35.6 Å². The molecule has 6 aliphatic rings. The van der Waals surface area contributed by atoms with E-state index in [1.807, 2.05) is 32.0 Å². The van der Waals surface area contributed by atoms with Gasteiger partial charge in [-0.25, -0.2) is 9.37 Å². The number of ether oxygens (including phenoxy) is 2. The lowest BCUT2D eigenvalue weighted by Crippen LogP contribution is -2.69. The van der Waals surface area contributed by atoms with Crippen molar-refractivity contribution in [3.05, 3.63) is 48.2 Å². The molecule has 1 N–H and O–H groups in total. The molecule has 41 heavy (non-hydrogen) atoms. The lowest BCUT2D eigenvalue weighted by atomic mass is 9.44. The van der Waals surface area contributed by atoms with Gasteiger partial charge in [-0.05, 0) is 75.7 Å². The summed E-state index contributed by atoms with van der Waals surface area (Å²) >= 11 is 1.39. The fourth-order valence-electron chi connectivity index (χ4n) is 9.78. The Morgan fingerprint density at radius 2 is 1.98 bits per heavy atom. The van der Waals surface area contributed by atoms with Gasteiger partial charge in [0, 0.05) is 28.9 Å². The van der Waals surface area contributed by atoms with Gasteiger partial charge in [0.05, 0.1) is 23.0 Å². The maximum absolute atomic E-state index is 17.7. The van der Waals surface area contributed by atoms with Gasteiger partial charge in [0.2, 0.25) is 0 Å². The summed E-state index contributed by atoms with van der Waals surface area (Å²) in [7, 11) is 0. The molecule has 5 aliphatic carbocycles. The van der Waals surface area contributed by atoms with E-state index in [0.717, 1.165) is 36.3 Å². The Bertz CT molecular complexity index is 1300. The molecule has 5 fully saturated rings. The Labute approximate surface area is 245 Å². The summed E-state index contributed by atoms with van der Waals surface area (Å²) in [6.07, 6.45) is 11.4. The number of Topliss-reactive ketones (excluding diaryl/α,β-unsaturated/α-hetero) is 1. The van der Waals surface area contributed by atoms with Crippen LogP contribution in [-0.4, -0.2) is 57.2 Å². The maximum atomic E-state index is 17.7. The van der Waals surface area contributed by atoms with Gasteiger partial charge in [0.25, 0.3) is 0 Å². The SMILES string of the molecule is C[C@]12C=CC(=O)C=C1CC[C@H]1[C@@H]3C[C@H]4O[C@@H](C5CCCCC5)O[C@@]4(C(=O)CSc4ccccn4)[C@@]3(C)C[C@H](O)[C@@]12F. The Hall–Kier alpha value is -1.87. The minimum absolute atomic E-state index is 0.0502. The third kappa shape index (κ3) is 3.82. The van der Waals surface area contributed by atoms with Crippen molar-refractivity contribution >= 4 is 23.3 Å². The highest BCUT2D eigenvalue weighted by molar-refractivity contribution is 7.99. The first-order valence-corrected chi connectivity index (χ1v) is 16.3. The first-order chi connectivity index (χ1) is 19.6. The van der Waals surface area contributed by atoms with E-state index in [2.05, 4.69) is 4.98 Å². The number of pyridine rings is 1. The zero-order valence-corrected chi connectivity index (χ0v) is 24.7. The van der Waals surface area contributed by atoms with Crippen LogP contribution < -0.4 is 0 Å². The molecule has 9 atom stereocenters. The molecule has 1 aromatic heterocycles. The summed E-state index contributed by atoms with van der Waals surface area (Å²) in [6, 6.07) is 5.64. The van der Waals surface area contributed by atoms with Crippen LogP contribution in [0.4, 0.5) is 4.39 Å². The number of halogens is 1. The Balaban J connectivity index is 1.26. The molecule has 1 aromatic rings. The number of fused-ring (bicyclic) bond motifs is 7. The molecule has 0 radical (unpaired) electrons. The summed E-state index contributed by atoms with van der Waals surface area (Å²) in [6.45, 7) is 3.87. The first kappa shape index (κ1) is 27.9. The average Bonchev–Trinajstić information content (AvgIpc) is 3.47. The fraction of sp³-hybridized carbons (Fsp3) is 0.667. The molecule has 6 nitrogen and oxygen atoms in total. The van der Waals surface area contributed by atoms with E-state index in [4.69, 9.17) is 9.47 Å². The molecular formula is C33H40FNO5S. The predicted octanol–water partition coefficient (Wildman–Crippen LogP) is 5.78. The summed E-state index contributed by atoms with van der Waals surface area (Å²) in [5, 5.41) is 12.6. The number of aliphatic hydroxyl groups is 1. The maximum Gasteiger partial charge on any atom is 0.178 e. The Morgan fingerprint density at radius 3 is 2.73 bits per heavy atom. The van der Waals surface area contributed by atoms with Crippen molar-refractivity contribution in [2.24, 2.45) is 28.6 Å². The minimum atomic E-state index is -1.95. The number of hydrogen-bond acceptors (Lipinski definition) is 7. The van der Waals surface area contributed by atoms with Crippen molar-refractivity contribution in [2.75, 3.05) is 5.75 Å². The normalized spacial score (nSPS) is 45.4. The molecule has 0 amide bonds. The highest BCUT2D eigenvalue weighted by atomic mass is 32.2. The molecule has 220 valence electrons. The topological polar surface area (TPSA) is 85.7 Å². The van der Waals surface area contributed by atoms with Gasteiger partial charge < -0.3 is 14.6 Å². The summed E-state index contributed by atoms with van der Waals surface area (Å²) in [5.74, 6) is -0.462. The van der Waals surface area contributed by atoms with Crippen LogP contribution in [-0.2, 0) is 19.1 Å². The molecule has 0 unspecified atom stereocenters. The molecular weight excluding hydrogens is 541 g/mol. The summed E-state index contributed by atoms with van der Waals surface area (Å²) < 4.78 is 31.3. The third-order valence-corrected chi connectivity index (χ3v) is 12.8. The van der Waals surface area contributed by atoms with Crippen molar-refractivity contribution in [2.45, 2.75) is 106 Å². The van der Waals surface area contributed by atoms with Gasteiger partial charge in [0.1, 0.15) is 0 Å². The Kier molecular flexibility index (Phi) is 6.70. The van der Waals surface area contributed by atoms with Crippen molar-refractivity contribution in [3.63, 3.8) is 0 Å². The number of aliphatic hydroxyl groups excluding tert-OH is 1. The lowest BCUT2D eigenvalue weighted by Gasteiger charge is -2.62. The number of alkyl halides is 1. The van der Waals surface area contributed by atoms with Crippen LogP contribution >= 0.6 is 11.8 Å². The first-order valence-electron chi connectivity index (χ1n) is 15.3. The number of carbonyl (C=O) groups excluding carboxylic acids is 2. The largest absolute Gasteiger partial charge is 0.390 e. The van der Waals surface area contributed by atoms with Crippen molar-refractivity contribution in [1.82, 2.24) is 4.98 Å². The van der Waals surface area contributed by atoms with Crippen LogP contribution in [0.5, 0.6) is 0 Å². The second kappa shape index (κ2) is 9.83. The van der Waals surface area contributed by atoms with Gasteiger partial charge >= 0.3 is 0 Å². The zero-order chi connectivity index (χ0) is 28.6. The molecule has 7 rings (SSSR count). The molecule has 8 heteroatoms. The number of hydrogen-bond donors (Lipinski definition) is 1. The fourth-order valence-corrected chi connectivity index (χ4v) is 10.6. The van der Waals surface area contributed by atoms with E-state index >= 15 is 4.39 Å². The molecule has 0 bridgehead atoms. The zero-order valence-electron chi connectivity index (χ0n) is 23.9. The third-order valence-electron chi connectivity index (χ3n) is 11.8. The van der Waals surface area contributed by atoms with Gasteiger partial charge in [-0.15, -0.1) is 0 Å². The standard InChI is InChI=1S/C33H40FNO5S/c1-30-14-13-22(36)16-21(30)11-12-23-24-17-27-33(31(24,2)18-25(37)32(23,30)34,26(38)19-41-28-10-6-7-15-35-28)40-29(39-27)20-8-4-3-5-9-20/h6-7,10,13-16,20,23-25,27,29,37H,3-5,8-9,11-12,17-19H2,1-2H3/t23-,24-,25-,27+,29+,30-,31-,32-,33+/m0/s1. The number of rotatable bonds is 5. The highest BCUT2D eigenvalue weighted by Gasteiger charge is 2.79. The molecule has 0 aromatic carbocycles. The van der Waals surface area contributed by atoms with Crippen LogP contribution in [0, 0.1) is 28.6 Å². The molecule has 4 saturated carbocycles. The molecule has 2 heterocycles. The van der Waals surface area contributed by atoms with E-state index in [0.29, 0.717) is 19.3 Å². The molecule has 1 saturated heterocycles. The highest BCUT2D eigenvalue weighted by Crippen LogP contribution is 2.72. The van der Waals surface area contributed by atoms with Crippen molar-refractivity contribution in [3.8, 4) is 0 Å². The number of thioether (sulfide) groups is 1. The van der Waals surface area contributed by atoms with Crippen LogP contribution in [0.3, 0.4) is 0 Å². The number of carbonyl (C=O) groups is 2. The average molecular weight is 582 g/mol. The van der Waals surface area contributed by atoms with E-state index in [1.165, 1.54) is 24.3 Å². The second-order valence-corrected chi connectivity index (χ2v) is 14.6. The number of allylic oxidation sites excluding steroid dienone is 4. The minimum Gasteiger partial charge on any atom is -0.390 e. The van der Waals surface area contributed by atoms with E-state index < -0.39 is 46.5 Å². The quantitative estimate of drug-likeness (QED) is 0.441. The van der Waals surface area contributed by atoms with E-state index in [1.54, 1.807) is 18.3 Å². The second-order valence-electron chi connectivity index (χ2n) is 13.6. The van der Waals surface area contributed by atoms with Crippen LogP contribution in [0.15, 0.2) is 53.2 Å². The number of nitrogens with zero attached hydrogens (tertiary/aromatic N) is 1. The Morgan fingerprint density at radius 1 is 1.17 bits per heavy atom. The van der Waals surface area contributed by atoms with Gasteiger partial charge in [0.15, 0.2) is 29.1 Å². The summed E-state index contributed by atoms with van der Waals surface area (Å²) in [4.78, 5) is 31.1. The van der Waals surface area contributed by atoms with Crippen molar-refractivity contribution < 1.29 is 28.6 Å². The number of aromatic nitrogens is 1. The predicted molar refractivity (Wildman–Crippen MR) is 153 cm³/mol. The van der Waals surface area contributed by atoms with Crippen molar-refractivity contribution in [1.29, 1.82) is 0 Å². The van der Waals surface area contributed by atoms with Crippen LogP contribution in [0.1, 0.15) is 71.6 Å².